The monoisotopic (exact) mass is 284 g/mol. The molecule has 2 aromatic heterocycles. The molecule has 6 heteroatoms. The molecule has 0 saturated carbocycles. The summed E-state index contributed by atoms with van der Waals surface area (Å²) in [5.41, 5.74) is 2.71. The summed E-state index contributed by atoms with van der Waals surface area (Å²) in [6, 6.07) is 9.55. The van der Waals surface area contributed by atoms with E-state index in [0.29, 0.717) is 19.2 Å². The van der Waals surface area contributed by atoms with Crippen LogP contribution in [-0.2, 0) is 4.74 Å². The summed E-state index contributed by atoms with van der Waals surface area (Å²) in [5, 5.41) is 3.16. The number of hydrogen-bond acceptors (Lipinski definition) is 5. The minimum atomic E-state index is 0.538. The van der Waals surface area contributed by atoms with Crippen LogP contribution in [0.3, 0.4) is 0 Å². The van der Waals surface area contributed by atoms with Crippen LogP contribution in [0.25, 0.3) is 11.0 Å². The van der Waals surface area contributed by atoms with Gasteiger partial charge < -0.3 is 19.8 Å². The molecule has 2 heterocycles. The van der Waals surface area contributed by atoms with Crippen LogP contribution in [0, 0.1) is 0 Å². The number of H-pyrrole nitrogens is 1. The van der Waals surface area contributed by atoms with Gasteiger partial charge in [0.2, 0.25) is 5.95 Å². The third-order valence-corrected chi connectivity index (χ3v) is 2.96. The molecule has 0 radical (unpaired) electrons. The van der Waals surface area contributed by atoms with Crippen LogP contribution in [0.4, 0.5) is 11.6 Å². The first-order valence-electron chi connectivity index (χ1n) is 6.64. The van der Waals surface area contributed by atoms with Gasteiger partial charge in [-0.25, -0.2) is 9.97 Å². The maximum atomic E-state index is 5.51. The third kappa shape index (κ3) is 3.29. The Morgan fingerprint density at radius 2 is 2.00 bits per heavy atom. The van der Waals surface area contributed by atoms with E-state index in [4.69, 9.17) is 9.47 Å². The summed E-state index contributed by atoms with van der Waals surface area (Å²) < 4.78 is 10.4. The molecular formula is C15H16N4O2. The van der Waals surface area contributed by atoms with Gasteiger partial charge in [-0.1, -0.05) is 0 Å². The fourth-order valence-corrected chi connectivity index (χ4v) is 1.91. The third-order valence-electron chi connectivity index (χ3n) is 2.96. The van der Waals surface area contributed by atoms with E-state index in [0.717, 1.165) is 22.5 Å². The number of rotatable bonds is 6. The van der Waals surface area contributed by atoms with Gasteiger partial charge in [-0.05, 0) is 30.3 Å². The van der Waals surface area contributed by atoms with E-state index in [9.17, 15) is 0 Å². The standard InChI is InChI=1S/C15H16N4O2/c1-20-8-9-21-12-4-2-11(3-5-12)18-15-17-10-14-13(19-15)6-7-16-14/h2-7,10,16H,8-9H2,1H3,(H,17,18,19). The Morgan fingerprint density at radius 3 is 2.81 bits per heavy atom. The molecule has 0 amide bonds. The highest BCUT2D eigenvalue weighted by Crippen LogP contribution is 2.19. The number of aromatic amines is 1. The Bertz CT molecular complexity index is 709. The number of benzene rings is 1. The van der Waals surface area contributed by atoms with Crippen LogP contribution in [0.5, 0.6) is 5.75 Å². The number of anilines is 2. The molecule has 0 fully saturated rings. The molecule has 0 aliphatic rings. The Kier molecular flexibility index (Phi) is 3.97. The van der Waals surface area contributed by atoms with Crippen molar-refractivity contribution in [1.29, 1.82) is 0 Å². The molecule has 3 rings (SSSR count). The molecule has 0 aliphatic carbocycles. The predicted octanol–water partition coefficient (Wildman–Crippen LogP) is 2.73. The second kappa shape index (κ2) is 6.23. The van der Waals surface area contributed by atoms with Crippen molar-refractivity contribution in [1.82, 2.24) is 15.0 Å². The van der Waals surface area contributed by atoms with Gasteiger partial charge in [0.1, 0.15) is 12.4 Å². The van der Waals surface area contributed by atoms with Gasteiger partial charge >= 0.3 is 0 Å². The molecule has 3 aromatic rings. The molecule has 108 valence electrons. The van der Waals surface area contributed by atoms with Crippen molar-refractivity contribution in [3.05, 3.63) is 42.7 Å². The minimum Gasteiger partial charge on any atom is -0.491 e. The van der Waals surface area contributed by atoms with Crippen LogP contribution in [0.15, 0.2) is 42.7 Å². The zero-order chi connectivity index (χ0) is 14.5. The lowest BCUT2D eigenvalue weighted by Gasteiger charge is -2.07. The number of nitrogens with zero attached hydrogens (tertiary/aromatic N) is 2. The van der Waals surface area contributed by atoms with E-state index in [1.165, 1.54) is 0 Å². The van der Waals surface area contributed by atoms with Gasteiger partial charge in [0.15, 0.2) is 0 Å². The molecule has 0 aliphatic heterocycles. The van der Waals surface area contributed by atoms with E-state index in [1.807, 2.05) is 36.5 Å². The fraction of sp³-hybridized carbons (Fsp3) is 0.200. The molecule has 21 heavy (non-hydrogen) atoms. The van der Waals surface area contributed by atoms with Crippen molar-refractivity contribution in [2.45, 2.75) is 0 Å². The molecule has 0 spiro atoms. The molecule has 2 N–H and O–H groups in total. The van der Waals surface area contributed by atoms with Crippen LogP contribution in [-0.4, -0.2) is 35.3 Å². The van der Waals surface area contributed by atoms with Crippen molar-refractivity contribution < 1.29 is 9.47 Å². The normalized spacial score (nSPS) is 10.7. The SMILES string of the molecule is COCCOc1ccc(Nc2ncc3[nH]ccc3n2)cc1. The first-order valence-corrected chi connectivity index (χ1v) is 6.64. The zero-order valence-corrected chi connectivity index (χ0v) is 11.7. The lowest BCUT2D eigenvalue weighted by molar-refractivity contribution is 0.146. The second-order valence-corrected chi connectivity index (χ2v) is 4.46. The van der Waals surface area contributed by atoms with Gasteiger partial charge in [0.05, 0.1) is 23.8 Å². The molecule has 6 nitrogen and oxygen atoms in total. The number of ether oxygens (including phenoxy) is 2. The highest BCUT2D eigenvalue weighted by atomic mass is 16.5. The summed E-state index contributed by atoms with van der Waals surface area (Å²) in [5.74, 6) is 1.37. The summed E-state index contributed by atoms with van der Waals surface area (Å²) in [6.07, 6.45) is 3.60. The molecular weight excluding hydrogens is 268 g/mol. The van der Waals surface area contributed by atoms with Crippen molar-refractivity contribution >= 4 is 22.7 Å². The lowest BCUT2D eigenvalue weighted by atomic mass is 10.3. The Morgan fingerprint density at radius 1 is 1.14 bits per heavy atom. The van der Waals surface area contributed by atoms with Gasteiger partial charge in [0.25, 0.3) is 0 Å². The van der Waals surface area contributed by atoms with E-state index in [1.54, 1.807) is 13.3 Å². The van der Waals surface area contributed by atoms with Gasteiger partial charge in [0, 0.05) is 19.0 Å². The van der Waals surface area contributed by atoms with Crippen molar-refractivity contribution in [2.75, 3.05) is 25.6 Å². The first-order chi connectivity index (χ1) is 10.3. The van der Waals surface area contributed by atoms with Gasteiger partial charge in [-0.3, -0.25) is 0 Å². The number of nitrogens with one attached hydrogen (secondary N) is 2. The first kappa shape index (κ1) is 13.4. The van der Waals surface area contributed by atoms with Gasteiger partial charge in [-0.15, -0.1) is 0 Å². The Balaban J connectivity index is 1.66. The van der Waals surface area contributed by atoms with Crippen LogP contribution >= 0.6 is 0 Å². The predicted molar refractivity (Wildman–Crippen MR) is 81.0 cm³/mol. The lowest BCUT2D eigenvalue weighted by Crippen LogP contribution is -2.04. The van der Waals surface area contributed by atoms with E-state index in [2.05, 4.69) is 20.3 Å². The average Bonchev–Trinajstić information content (AvgIpc) is 2.97. The van der Waals surface area contributed by atoms with E-state index in [-0.39, 0.29) is 0 Å². The number of hydrogen-bond donors (Lipinski definition) is 2. The van der Waals surface area contributed by atoms with Crippen molar-refractivity contribution in [2.24, 2.45) is 0 Å². The average molecular weight is 284 g/mol. The highest BCUT2D eigenvalue weighted by molar-refractivity contribution is 5.75. The minimum absolute atomic E-state index is 0.538. The van der Waals surface area contributed by atoms with Crippen molar-refractivity contribution in [3.8, 4) is 5.75 Å². The largest absolute Gasteiger partial charge is 0.491 e. The summed E-state index contributed by atoms with van der Waals surface area (Å²) in [6.45, 7) is 1.11. The number of aromatic nitrogens is 3. The number of fused-ring (bicyclic) bond motifs is 1. The summed E-state index contributed by atoms with van der Waals surface area (Å²) in [4.78, 5) is 11.7. The number of methoxy groups -OCH3 is 1. The fourth-order valence-electron chi connectivity index (χ4n) is 1.91. The summed E-state index contributed by atoms with van der Waals surface area (Å²) in [7, 11) is 1.65. The van der Waals surface area contributed by atoms with Gasteiger partial charge in [-0.2, -0.15) is 0 Å². The maximum Gasteiger partial charge on any atom is 0.227 e. The Labute approximate surface area is 122 Å². The molecule has 0 atom stereocenters. The van der Waals surface area contributed by atoms with E-state index >= 15 is 0 Å². The quantitative estimate of drug-likeness (QED) is 0.681. The zero-order valence-electron chi connectivity index (χ0n) is 11.7. The molecule has 0 unspecified atom stereocenters. The molecule has 1 aromatic carbocycles. The van der Waals surface area contributed by atoms with Crippen LogP contribution in [0.2, 0.25) is 0 Å². The van der Waals surface area contributed by atoms with Crippen molar-refractivity contribution in [3.63, 3.8) is 0 Å². The summed E-state index contributed by atoms with van der Waals surface area (Å²) >= 11 is 0. The highest BCUT2D eigenvalue weighted by Gasteiger charge is 2.01. The maximum absolute atomic E-state index is 5.51. The smallest absolute Gasteiger partial charge is 0.227 e. The molecule has 0 saturated heterocycles. The molecule has 0 bridgehead atoms. The topological polar surface area (TPSA) is 72.1 Å². The Hall–Kier alpha value is -2.60. The second-order valence-electron chi connectivity index (χ2n) is 4.46. The van der Waals surface area contributed by atoms with E-state index < -0.39 is 0 Å². The van der Waals surface area contributed by atoms with Crippen LogP contribution < -0.4 is 10.1 Å². The van der Waals surface area contributed by atoms with Crippen LogP contribution in [0.1, 0.15) is 0 Å².